The van der Waals surface area contributed by atoms with Gasteiger partial charge in [-0.1, -0.05) is 6.07 Å². The number of likely N-dealkylation sites (N-methyl/N-ethyl adjacent to an activating group) is 2. The molecule has 5 nitrogen and oxygen atoms in total. The van der Waals surface area contributed by atoms with Crippen LogP contribution in [0.1, 0.15) is 24.2 Å². The number of hydrogen-bond donors (Lipinski definition) is 1. The van der Waals surface area contributed by atoms with Crippen molar-refractivity contribution in [2.24, 2.45) is 0 Å². The van der Waals surface area contributed by atoms with E-state index >= 15 is 0 Å². The lowest BCUT2D eigenvalue weighted by Gasteiger charge is -2.21. The van der Waals surface area contributed by atoms with Gasteiger partial charge in [0.1, 0.15) is 0 Å². The summed E-state index contributed by atoms with van der Waals surface area (Å²) in [6, 6.07) is 7.40. The van der Waals surface area contributed by atoms with Crippen molar-refractivity contribution in [3.63, 3.8) is 0 Å². The summed E-state index contributed by atoms with van der Waals surface area (Å²) in [7, 11) is 3.85. The Kier molecular flexibility index (Phi) is 6.03. The molecule has 20 heavy (non-hydrogen) atoms. The van der Waals surface area contributed by atoms with Crippen molar-refractivity contribution in [1.29, 1.82) is 0 Å². The molecule has 0 spiro atoms. The minimum Gasteiger partial charge on any atom is -0.378 e. The van der Waals surface area contributed by atoms with Crippen molar-refractivity contribution in [3.05, 3.63) is 29.8 Å². The second-order valence-corrected chi connectivity index (χ2v) is 4.72. The number of anilines is 1. The van der Waals surface area contributed by atoms with Crippen LogP contribution in [0.5, 0.6) is 0 Å². The number of rotatable bonds is 6. The van der Waals surface area contributed by atoms with Crippen LogP contribution in [0.15, 0.2) is 24.3 Å². The first kappa shape index (κ1) is 16.0. The average Bonchev–Trinajstić information content (AvgIpc) is 2.44. The Morgan fingerprint density at radius 1 is 1.20 bits per heavy atom. The number of amides is 2. The Bertz CT molecular complexity index is 472. The average molecular weight is 277 g/mol. The first-order valence-electron chi connectivity index (χ1n) is 6.83. The third-order valence-corrected chi connectivity index (χ3v) is 2.99. The second-order valence-electron chi connectivity index (χ2n) is 4.72. The van der Waals surface area contributed by atoms with Gasteiger partial charge in [0.05, 0.1) is 6.54 Å². The van der Waals surface area contributed by atoms with Crippen LogP contribution in [0.25, 0.3) is 0 Å². The van der Waals surface area contributed by atoms with Gasteiger partial charge in [-0.25, -0.2) is 0 Å². The van der Waals surface area contributed by atoms with E-state index in [-0.39, 0.29) is 18.4 Å². The van der Waals surface area contributed by atoms with Gasteiger partial charge >= 0.3 is 0 Å². The third kappa shape index (κ3) is 4.26. The molecule has 0 bridgehead atoms. The van der Waals surface area contributed by atoms with E-state index in [1.807, 2.05) is 51.0 Å². The summed E-state index contributed by atoms with van der Waals surface area (Å²) >= 11 is 0. The topological polar surface area (TPSA) is 52.7 Å². The molecule has 0 fully saturated rings. The number of carbonyl (C=O) groups is 2. The zero-order valence-corrected chi connectivity index (χ0v) is 12.6. The third-order valence-electron chi connectivity index (χ3n) is 2.99. The second kappa shape index (κ2) is 7.53. The molecule has 0 heterocycles. The molecule has 0 aromatic heterocycles. The number of nitrogens with zero attached hydrogens (tertiary/aromatic N) is 2. The fraction of sp³-hybridized carbons (Fsp3) is 0.467. The summed E-state index contributed by atoms with van der Waals surface area (Å²) in [4.78, 5) is 27.5. The summed E-state index contributed by atoms with van der Waals surface area (Å²) in [6.07, 6.45) is 0. The van der Waals surface area contributed by atoms with Crippen LogP contribution in [-0.4, -0.2) is 50.4 Å². The minimum atomic E-state index is -0.133. The highest BCUT2D eigenvalue weighted by atomic mass is 16.2. The summed E-state index contributed by atoms with van der Waals surface area (Å²) in [5, 5.41) is 2.71. The summed E-state index contributed by atoms with van der Waals surface area (Å²) in [5.74, 6) is -0.256. The molecule has 0 aliphatic rings. The van der Waals surface area contributed by atoms with Crippen LogP contribution in [0.2, 0.25) is 0 Å². The predicted molar refractivity (Wildman–Crippen MR) is 81.0 cm³/mol. The molecule has 1 N–H and O–H groups in total. The van der Waals surface area contributed by atoms with Gasteiger partial charge in [0.25, 0.3) is 5.91 Å². The number of benzene rings is 1. The molecule has 0 unspecified atom stereocenters. The van der Waals surface area contributed by atoms with Crippen molar-refractivity contribution >= 4 is 17.5 Å². The van der Waals surface area contributed by atoms with E-state index in [0.29, 0.717) is 18.7 Å². The number of hydrogen-bond acceptors (Lipinski definition) is 3. The van der Waals surface area contributed by atoms with Gasteiger partial charge < -0.3 is 15.1 Å². The van der Waals surface area contributed by atoms with Crippen molar-refractivity contribution in [2.75, 3.05) is 38.6 Å². The van der Waals surface area contributed by atoms with Gasteiger partial charge in [0.15, 0.2) is 0 Å². The molecule has 1 aromatic carbocycles. The van der Waals surface area contributed by atoms with E-state index in [9.17, 15) is 9.59 Å². The molecule has 0 saturated heterocycles. The van der Waals surface area contributed by atoms with Gasteiger partial charge in [-0.15, -0.1) is 0 Å². The minimum absolute atomic E-state index is 0.0926. The smallest absolute Gasteiger partial charge is 0.254 e. The van der Waals surface area contributed by atoms with E-state index in [1.165, 1.54) is 0 Å². The maximum atomic E-state index is 12.4. The van der Waals surface area contributed by atoms with E-state index in [2.05, 4.69) is 5.32 Å². The maximum Gasteiger partial charge on any atom is 0.254 e. The van der Waals surface area contributed by atoms with E-state index in [0.717, 1.165) is 5.69 Å². The lowest BCUT2D eigenvalue weighted by atomic mass is 10.1. The molecule has 110 valence electrons. The number of nitrogens with one attached hydrogen (secondary N) is 1. The van der Waals surface area contributed by atoms with Crippen LogP contribution in [0, 0.1) is 0 Å². The normalized spacial score (nSPS) is 10.0. The predicted octanol–water partition coefficient (Wildman–Crippen LogP) is 1.35. The molecule has 0 atom stereocenters. The molecule has 0 aliphatic carbocycles. The summed E-state index contributed by atoms with van der Waals surface area (Å²) in [6.45, 7) is 4.89. The van der Waals surface area contributed by atoms with Gasteiger partial charge in [0, 0.05) is 38.4 Å². The van der Waals surface area contributed by atoms with Gasteiger partial charge in [0.2, 0.25) is 5.91 Å². The monoisotopic (exact) mass is 277 g/mol. The Morgan fingerprint density at radius 3 is 2.45 bits per heavy atom. The standard InChI is InChI=1S/C15H23N3O2/c1-5-16-14(19)11-18(6-2)15(20)12-8-7-9-13(10-12)17(3)4/h7-10H,5-6,11H2,1-4H3,(H,16,19). The van der Waals surface area contributed by atoms with Crippen molar-refractivity contribution in [1.82, 2.24) is 10.2 Å². The molecular formula is C15H23N3O2. The number of carbonyl (C=O) groups excluding carboxylic acids is 2. The fourth-order valence-electron chi connectivity index (χ4n) is 1.85. The van der Waals surface area contributed by atoms with E-state index in [1.54, 1.807) is 11.0 Å². The molecule has 0 radical (unpaired) electrons. The zero-order chi connectivity index (χ0) is 15.1. The molecule has 0 aliphatic heterocycles. The summed E-state index contributed by atoms with van der Waals surface area (Å²) < 4.78 is 0. The fourth-order valence-corrected chi connectivity index (χ4v) is 1.85. The lowest BCUT2D eigenvalue weighted by Crippen LogP contribution is -2.40. The largest absolute Gasteiger partial charge is 0.378 e. The highest BCUT2D eigenvalue weighted by Gasteiger charge is 2.17. The van der Waals surface area contributed by atoms with Crippen molar-refractivity contribution in [2.45, 2.75) is 13.8 Å². The molecule has 1 rings (SSSR count). The molecule has 5 heteroatoms. The Balaban J connectivity index is 2.85. The lowest BCUT2D eigenvalue weighted by molar-refractivity contribution is -0.121. The Labute approximate surface area is 120 Å². The summed E-state index contributed by atoms with van der Waals surface area (Å²) in [5.41, 5.74) is 1.56. The van der Waals surface area contributed by atoms with Gasteiger partial charge in [-0.2, -0.15) is 0 Å². The van der Waals surface area contributed by atoms with Gasteiger partial charge in [-0.05, 0) is 32.0 Å². The first-order valence-corrected chi connectivity index (χ1v) is 6.83. The van der Waals surface area contributed by atoms with Crippen molar-refractivity contribution in [3.8, 4) is 0 Å². The van der Waals surface area contributed by atoms with Crippen LogP contribution < -0.4 is 10.2 Å². The van der Waals surface area contributed by atoms with Crippen LogP contribution >= 0.6 is 0 Å². The quantitative estimate of drug-likeness (QED) is 0.854. The molecular weight excluding hydrogens is 254 g/mol. The van der Waals surface area contributed by atoms with E-state index in [4.69, 9.17) is 0 Å². The van der Waals surface area contributed by atoms with E-state index < -0.39 is 0 Å². The van der Waals surface area contributed by atoms with Crippen LogP contribution in [0.4, 0.5) is 5.69 Å². The highest BCUT2D eigenvalue weighted by Crippen LogP contribution is 2.15. The van der Waals surface area contributed by atoms with Crippen LogP contribution in [0.3, 0.4) is 0 Å². The molecule has 2 amide bonds. The first-order chi connectivity index (χ1) is 9.49. The van der Waals surface area contributed by atoms with Crippen LogP contribution in [-0.2, 0) is 4.79 Å². The molecule has 1 aromatic rings. The highest BCUT2D eigenvalue weighted by molar-refractivity contribution is 5.97. The zero-order valence-electron chi connectivity index (χ0n) is 12.6. The SMILES string of the molecule is CCNC(=O)CN(CC)C(=O)c1cccc(N(C)C)c1. The maximum absolute atomic E-state index is 12.4. The molecule has 0 saturated carbocycles. The Morgan fingerprint density at radius 2 is 1.90 bits per heavy atom. The van der Waals surface area contributed by atoms with Gasteiger partial charge in [-0.3, -0.25) is 9.59 Å². The Hall–Kier alpha value is -2.04. The van der Waals surface area contributed by atoms with Crippen molar-refractivity contribution < 1.29 is 9.59 Å².